The van der Waals surface area contributed by atoms with Gasteiger partial charge in [-0.1, -0.05) is 13.8 Å². The second kappa shape index (κ2) is 6.30. The maximum Gasteiger partial charge on any atom is 0.184 e. The van der Waals surface area contributed by atoms with E-state index in [1.54, 1.807) is 18.2 Å². The van der Waals surface area contributed by atoms with Crippen LogP contribution in [0.25, 0.3) is 0 Å². The molecular weight excluding hydrogens is 286 g/mol. The second-order valence-electron chi connectivity index (χ2n) is 5.09. The first kappa shape index (κ1) is 15.6. The number of nitrogens with zero attached hydrogens (tertiary/aromatic N) is 2. The van der Waals surface area contributed by atoms with Crippen LogP contribution in [0.4, 0.5) is 5.69 Å². The molecule has 1 heterocycles. The predicted octanol–water partition coefficient (Wildman–Crippen LogP) is 2.80. The van der Waals surface area contributed by atoms with E-state index < -0.39 is 9.84 Å². The molecule has 0 amide bonds. The van der Waals surface area contributed by atoms with Crippen molar-refractivity contribution in [3.8, 4) is 0 Å². The van der Waals surface area contributed by atoms with Crippen LogP contribution in [0.2, 0.25) is 0 Å². The smallest absolute Gasteiger partial charge is 0.184 e. The van der Waals surface area contributed by atoms with Gasteiger partial charge in [-0.15, -0.1) is 0 Å². The van der Waals surface area contributed by atoms with Crippen LogP contribution in [0.15, 0.2) is 41.4 Å². The first-order chi connectivity index (χ1) is 9.96. The minimum absolute atomic E-state index is 0.0932. The molecule has 1 aromatic heterocycles. The van der Waals surface area contributed by atoms with Crippen LogP contribution in [0.1, 0.15) is 38.4 Å². The molecule has 6 heteroatoms. The number of aromatic nitrogens is 2. The molecule has 0 spiro atoms. The Hall–Kier alpha value is -1.82. The highest BCUT2D eigenvalue weighted by atomic mass is 32.2. The normalized spacial score (nSPS) is 12.0. The third-order valence-electron chi connectivity index (χ3n) is 3.56. The van der Waals surface area contributed by atoms with E-state index in [4.69, 9.17) is 5.73 Å². The largest absolute Gasteiger partial charge is 0.399 e. The molecule has 0 saturated heterocycles. The first-order valence-corrected chi connectivity index (χ1v) is 8.73. The molecular formula is C15H21N3O2S. The Morgan fingerprint density at radius 3 is 2.33 bits per heavy atom. The molecule has 0 aliphatic rings. The highest BCUT2D eigenvalue weighted by molar-refractivity contribution is 7.90. The van der Waals surface area contributed by atoms with Crippen molar-refractivity contribution >= 4 is 15.5 Å². The zero-order chi connectivity index (χ0) is 15.5. The molecule has 21 heavy (non-hydrogen) atoms. The molecule has 2 rings (SSSR count). The average Bonchev–Trinajstić information content (AvgIpc) is 2.88. The monoisotopic (exact) mass is 307 g/mol. The van der Waals surface area contributed by atoms with Crippen molar-refractivity contribution in [1.82, 2.24) is 9.78 Å². The molecule has 114 valence electrons. The minimum atomic E-state index is -3.39. The molecule has 0 bridgehead atoms. The maximum absolute atomic E-state index is 12.3. The Morgan fingerprint density at radius 2 is 1.76 bits per heavy atom. The summed E-state index contributed by atoms with van der Waals surface area (Å²) in [5.74, 6) is -0.0932. The van der Waals surface area contributed by atoms with Gasteiger partial charge in [-0.3, -0.25) is 4.68 Å². The van der Waals surface area contributed by atoms with Crippen molar-refractivity contribution in [3.63, 3.8) is 0 Å². The number of hydrogen-bond acceptors (Lipinski definition) is 4. The van der Waals surface area contributed by atoms with Gasteiger partial charge in [0.2, 0.25) is 0 Å². The number of rotatable bonds is 6. The molecule has 0 atom stereocenters. The first-order valence-electron chi connectivity index (χ1n) is 7.08. The Kier molecular flexibility index (Phi) is 4.67. The Labute approximate surface area is 125 Å². The molecule has 0 unspecified atom stereocenters. The van der Waals surface area contributed by atoms with Gasteiger partial charge >= 0.3 is 0 Å². The predicted molar refractivity (Wildman–Crippen MR) is 83.6 cm³/mol. The van der Waals surface area contributed by atoms with E-state index in [0.717, 1.165) is 12.8 Å². The van der Waals surface area contributed by atoms with Crippen molar-refractivity contribution in [1.29, 1.82) is 0 Å². The van der Waals surface area contributed by atoms with E-state index in [1.165, 1.54) is 12.1 Å². The van der Waals surface area contributed by atoms with Gasteiger partial charge in [0.05, 0.1) is 22.4 Å². The van der Waals surface area contributed by atoms with E-state index in [2.05, 4.69) is 18.9 Å². The Bertz CT molecular complexity index is 686. The van der Waals surface area contributed by atoms with E-state index >= 15 is 0 Å². The zero-order valence-electron chi connectivity index (χ0n) is 12.4. The lowest BCUT2D eigenvalue weighted by Gasteiger charge is -2.12. The lowest BCUT2D eigenvalue weighted by molar-refractivity contribution is 0.426. The standard InChI is InChI=1S/C15H21N3O2S/c1-3-14(4-2)18-10-9-13(17-18)11-21(19,20)15-7-5-12(16)6-8-15/h5-10,14H,3-4,11,16H2,1-2H3. The quantitative estimate of drug-likeness (QED) is 0.832. The fourth-order valence-corrected chi connectivity index (χ4v) is 3.53. The number of sulfone groups is 1. The summed E-state index contributed by atoms with van der Waals surface area (Å²) in [5, 5.41) is 4.39. The number of nitrogen functional groups attached to an aromatic ring is 1. The van der Waals surface area contributed by atoms with Crippen LogP contribution in [0.5, 0.6) is 0 Å². The van der Waals surface area contributed by atoms with E-state index in [9.17, 15) is 8.42 Å². The van der Waals surface area contributed by atoms with Crippen LogP contribution in [-0.4, -0.2) is 18.2 Å². The van der Waals surface area contributed by atoms with Gasteiger partial charge in [-0.05, 0) is 43.2 Å². The van der Waals surface area contributed by atoms with Gasteiger partial charge in [-0.25, -0.2) is 8.42 Å². The molecule has 0 aliphatic heterocycles. The molecule has 0 saturated carbocycles. The zero-order valence-corrected chi connectivity index (χ0v) is 13.2. The van der Waals surface area contributed by atoms with Crippen molar-refractivity contribution in [2.45, 2.75) is 43.4 Å². The Morgan fingerprint density at radius 1 is 1.14 bits per heavy atom. The summed E-state index contributed by atoms with van der Waals surface area (Å²) in [7, 11) is -3.39. The van der Waals surface area contributed by atoms with E-state index in [-0.39, 0.29) is 10.6 Å². The van der Waals surface area contributed by atoms with Crippen molar-refractivity contribution in [3.05, 3.63) is 42.2 Å². The molecule has 0 radical (unpaired) electrons. The summed E-state index contributed by atoms with van der Waals surface area (Å²) < 4.78 is 26.5. The van der Waals surface area contributed by atoms with Gasteiger partial charge in [0.25, 0.3) is 0 Å². The van der Waals surface area contributed by atoms with Crippen molar-refractivity contribution in [2.75, 3.05) is 5.73 Å². The van der Waals surface area contributed by atoms with Crippen LogP contribution in [-0.2, 0) is 15.6 Å². The summed E-state index contributed by atoms with van der Waals surface area (Å²) in [6.45, 7) is 4.20. The van der Waals surface area contributed by atoms with Crippen molar-refractivity contribution < 1.29 is 8.42 Å². The van der Waals surface area contributed by atoms with Gasteiger partial charge in [0, 0.05) is 11.9 Å². The van der Waals surface area contributed by atoms with Crippen LogP contribution in [0, 0.1) is 0 Å². The third kappa shape index (κ3) is 3.64. The van der Waals surface area contributed by atoms with E-state index in [1.807, 2.05) is 10.9 Å². The van der Waals surface area contributed by atoms with E-state index in [0.29, 0.717) is 17.4 Å². The summed E-state index contributed by atoms with van der Waals surface area (Å²) in [6.07, 6.45) is 3.80. The van der Waals surface area contributed by atoms with Crippen LogP contribution < -0.4 is 5.73 Å². The molecule has 2 N–H and O–H groups in total. The lowest BCUT2D eigenvalue weighted by atomic mass is 10.2. The van der Waals surface area contributed by atoms with Gasteiger partial charge < -0.3 is 5.73 Å². The summed E-state index contributed by atoms with van der Waals surface area (Å²) in [5.41, 5.74) is 6.70. The average molecular weight is 307 g/mol. The number of hydrogen-bond donors (Lipinski definition) is 1. The van der Waals surface area contributed by atoms with Gasteiger partial charge in [0.1, 0.15) is 0 Å². The van der Waals surface area contributed by atoms with Crippen LogP contribution in [0.3, 0.4) is 0 Å². The number of anilines is 1. The topological polar surface area (TPSA) is 78.0 Å². The highest BCUT2D eigenvalue weighted by Crippen LogP contribution is 2.19. The fraction of sp³-hybridized carbons (Fsp3) is 0.400. The maximum atomic E-state index is 12.3. The molecule has 0 fully saturated rings. The van der Waals surface area contributed by atoms with Crippen molar-refractivity contribution in [2.24, 2.45) is 0 Å². The summed E-state index contributed by atoms with van der Waals surface area (Å²) >= 11 is 0. The highest BCUT2D eigenvalue weighted by Gasteiger charge is 2.17. The van der Waals surface area contributed by atoms with Crippen LogP contribution >= 0.6 is 0 Å². The molecule has 1 aromatic carbocycles. The minimum Gasteiger partial charge on any atom is -0.399 e. The third-order valence-corrected chi connectivity index (χ3v) is 5.22. The molecule has 0 aliphatic carbocycles. The lowest BCUT2D eigenvalue weighted by Crippen LogP contribution is -2.10. The second-order valence-corrected chi connectivity index (χ2v) is 7.08. The summed E-state index contributed by atoms with van der Waals surface area (Å²) in [4.78, 5) is 0.272. The number of benzene rings is 1. The SMILES string of the molecule is CCC(CC)n1ccc(CS(=O)(=O)c2ccc(N)cc2)n1. The number of nitrogens with two attached hydrogens (primary N) is 1. The summed E-state index contributed by atoms with van der Waals surface area (Å²) in [6, 6.07) is 8.34. The molecule has 5 nitrogen and oxygen atoms in total. The Balaban J connectivity index is 2.19. The van der Waals surface area contributed by atoms with Gasteiger partial charge in [0.15, 0.2) is 9.84 Å². The van der Waals surface area contributed by atoms with Gasteiger partial charge in [-0.2, -0.15) is 5.10 Å². The molecule has 2 aromatic rings. The fourth-order valence-electron chi connectivity index (χ4n) is 2.27.